The van der Waals surface area contributed by atoms with Crippen molar-refractivity contribution in [1.82, 2.24) is 25.2 Å². The van der Waals surface area contributed by atoms with Crippen molar-refractivity contribution >= 4 is 17.6 Å². The summed E-state index contributed by atoms with van der Waals surface area (Å²) in [4.78, 5) is 12.7. The van der Waals surface area contributed by atoms with E-state index in [4.69, 9.17) is 11.6 Å². The number of halogens is 2. The highest BCUT2D eigenvalue weighted by Crippen LogP contribution is 2.29. The van der Waals surface area contributed by atoms with Crippen LogP contribution in [0.25, 0.3) is 5.82 Å². The zero-order valence-electron chi connectivity index (χ0n) is 16.7. The standard InChI is InChI=1S/C21H24ClFN6/c1-21(2,17-5-4-16(23)11-18(17)22)13-28-20(24-3)27-12-15-6-7-26-19(10-15)29-9-8-25-14-29/h4-11,14H,12-13H2,1-3H3,(H2,24,27,28). The fraction of sp³-hybridized carbons (Fsp3) is 0.286. The summed E-state index contributed by atoms with van der Waals surface area (Å²) in [7, 11) is 1.72. The van der Waals surface area contributed by atoms with Crippen LogP contribution in [0.5, 0.6) is 0 Å². The number of aliphatic imine (C=N–C) groups is 1. The summed E-state index contributed by atoms with van der Waals surface area (Å²) in [6, 6.07) is 8.43. The lowest BCUT2D eigenvalue weighted by Gasteiger charge is -2.27. The molecule has 3 aromatic rings. The van der Waals surface area contributed by atoms with E-state index < -0.39 is 0 Å². The van der Waals surface area contributed by atoms with Gasteiger partial charge in [0.1, 0.15) is 18.0 Å². The van der Waals surface area contributed by atoms with Gasteiger partial charge >= 0.3 is 0 Å². The first-order chi connectivity index (χ1) is 13.9. The maximum absolute atomic E-state index is 13.3. The third-order valence-electron chi connectivity index (χ3n) is 4.62. The normalized spacial score (nSPS) is 12.1. The molecule has 1 aromatic carbocycles. The van der Waals surface area contributed by atoms with Gasteiger partial charge in [0.25, 0.3) is 0 Å². The summed E-state index contributed by atoms with van der Waals surface area (Å²) in [5.74, 6) is 1.13. The first kappa shape index (κ1) is 20.8. The Kier molecular flexibility index (Phi) is 6.49. The second-order valence-electron chi connectivity index (χ2n) is 7.28. The van der Waals surface area contributed by atoms with E-state index in [0.717, 1.165) is 16.9 Å². The van der Waals surface area contributed by atoms with Crippen LogP contribution in [0, 0.1) is 5.82 Å². The third-order valence-corrected chi connectivity index (χ3v) is 4.93. The van der Waals surface area contributed by atoms with E-state index in [1.165, 1.54) is 12.1 Å². The molecule has 0 aliphatic carbocycles. The molecule has 152 valence electrons. The van der Waals surface area contributed by atoms with E-state index in [1.54, 1.807) is 31.8 Å². The first-order valence-electron chi connectivity index (χ1n) is 9.22. The molecule has 0 saturated heterocycles. The maximum atomic E-state index is 13.3. The second kappa shape index (κ2) is 9.05. The molecule has 29 heavy (non-hydrogen) atoms. The van der Waals surface area contributed by atoms with E-state index in [2.05, 4.69) is 25.6 Å². The quantitative estimate of drug-likeness (QED) is 0.476. The predicted molar refractivity (Wildman–Crippen MR) is 114 cm³/mol. The summed E-state index contributed by atoms with van der Waals surface area (Å²) in [6.45, 7) is 5.26. The minimum Gasteiger partial charge on any atom is -0.356 e. The molecule has 2 aromatic heterocycles. The molecule has 0 bridgehead atoms. The first-order valence-corrected chi connectivity index (χ1v) is 9.60. The van der Waals surface area contributed by atoms with Gasteiger partial charge in [-0.15, -0.1) is 0 Å². The number of nitrogens with one attached hydrogen (secondary N) is 2. The fourth-order valence-electron chi connectivity index (χ4n) is 2.95. The van der Waals surface area contributed by atoms with Crippen molar-refractivity contribution < 1.29 is 4.39 Å². The largest absolute Gasteiger partial charge is 0.356 e. The average Bonchev–Trinajstić information content (AvgIpc) is 3.23. The van der Waals surface area contributed by atoms with Crippen LogP contribution in [0.4, 0.5) is 4.39 Å². The second-order valence-corrected chi connectivity index (χ2v) is 7.69. The number of pyridine rings is 1. The monoisotopic (exact) mass is 414 g/mol. The molecule has 0 fully saturated rings. The van der Waals surface area contributed by atoms with E-state index in [-0.39, 0.29) is 11.2 Å². The molecule has 0 amide bonds. The summed E-state index contributed by atoms with van der Waals surface area (Å²) in [5, 5.41) is 7.04. The van der Waals surface area contributed by atoms with E-state index >= 15 is 0 Å². The van der Waals surface area contributed by atoms with Crippen molar-refractivity contribution in [3.63, 3.8) is 0 Å². The molecule has 2 heterocycles. The molecule has 8 heteroatoms. The van der Waals surface area contributed by atoms with Crippen LogP contribution in [0.1, 0.15) is 25.0 Å². The number of hydrogen-bond donors (Lipinski definition) is 2. The van der Waals surface area contributed by atoms with Gasteiger partial charge in [-0.05, 0) is 35.4 Å². The Hall–Kier alpha value is -2.93. The van der Waals surface area contributed by atoms with Gasteiger partial charge in [0.2, 0.25) is 0 Å². The molecule has 0 atom stereocenters. The van der Waals surface area contributed by atoms with Crippen LogP contribution in [0.3, 0.4) is 0 Å². The van der Waals surface area contributed by atoms with E-state index in [1.807, 2.05) is 36.7 Å². The number of hydrogen-bond acceptors (Lipinski definition) is 3. The highest BCUT2D eigenvalue weighted by Gasteiger charge is 2.24. The SMILES string of the molecule is CN=C(NCc1ccnc(-n2ccnc2)c1)NCC(C)(C)c1ccc(F)cc1Cl. The Morgan fingerprint density at radius 2 is 2.03 bits per heavy atom. The lowest BCUT2D eigenvalue weighted by atomic mass is 9.84. The van der Waals surface area contributed by atoms with Crippen molar-refractivity contribution in [3.05, 3.63) is 77.2 Å². The van der Waals surface area contributed by atoms with Gasteiger partial charge in [0, 0.05) is 49.2 Å². The fourth-order valence-corrected chi connectivity index (χ4v) is 3.37. The van der Waals surface area contributed by atoms with Gasteiger partial charge < -0.3 is 10.6 Å². The van der Waals surface area contributed by atoms with Crippen LogP contribution in [0.2, 0.25) is 5.02 Å². The molecule has 6 nitrogen and oxygen atoms in total. The molecular formula is C21H24ClFN6. The van der Waals surface area contributed by atoms with Gasteiger partial charge in [-0.2, -0.15) is 0 Å². The van der Waals surface area contributed by atoms with Crippen molar-refractivity contribution in [1.29, 1.82) is 0 Å². The molecule has 0 unspecified atom stereocenters. The average molecular weight is 415 g/mol. The lowest BCUT2D eigenvalue weighted by Crippen LogP contribution is -2.43. The van der Waals surface area contributed by atoms with Crippen LogP contribution in [-0.4, -0.2) is 34.1 Å². The molecular weight excluding hydrogens is 391 g/mol. The minimum absolute atomic E-state index is 0.312. The zero-order chi connectivity index (χ0) is 20.9. The summed E-state index contributed by atoms with van der Waals surface area (Å²) < 4.78 is 15.2. The molecule has 2 N–H and O–H groups in total. The van der Waals surface area contributed by atoms with Gasteiger partial charge in [-0.1, -0.05) is 31.5 Å². The van der Waals surface area contributed by atoms with Crippen LogP contribution in [0.15, 0.2) is 60.2 Å². The van der Waals surface area contributed by atoms with Crippen LogP contribution >= 0.6 is 11.6 Å². The number of rotatable bonds is 6. The molecule has 0 aliphatic rings. The Morgan fingerprint density at radius 3 is 2.72 bits per heavy atom. The Labute approximate surface area is 174 Å². The lowest BCUT2D eigenvalue weighted by molar-refractivity contribution is 0.507. The van der Waals surface area contributed by atoms with Crippen molar-refractivity contribution in [2.75, 3.05) is 13.6 Å². The maximum Gasteiger partial charge on any atom is 0.191 e. The van der Waals surface area contributed by atoms with Gasteiger partial charge in [0.15, 0.2) is 5.96 Å². The highest BCUT2D eigenvalue weighted by molar-refractivity contribution is 6.31. The van der Waals surface area contributed by atoms with Gasteiger partial charge in [-0.3, -0.25) is 9.56 Å². The molecule has 0 saturated carbocycles. The van der Waals surface area contributed by atoms with Crippen LogP contribution < -0.4 is 10.6 Å². The topological polar surface area (TPSA) is 67.1 Å². The van der Waals surface area contributed by atoms with Crippen LogP contribution in [-0.2, 0) is 12.0 Å². The third kappa shape index (κ3) is 5.32. The number of imidazole rings is 1. The highest BCUT2D eigenvalue weighted by atomic mass is 35.5. The van der Waals surface area contributed by atoms with Gasteiger partial charge in [0.05, 0.1) is 0 Å². The molecule has 0 radical (unpaired) electrons. The minimum atomic E-state index is -0.340. The summed E-state index contributed by atoms with van der Waals surface area (Å²) in [6.07, 6.45) is 7.04. The summed E-state index contributed by atoms with van der Waals surface area (Å²) in [5.41, 5.74) is 1.63. The Balaban J connectivity index is 1.60. The zero-order valence-corrected chi connectivity index (χ0v) is 17.4. The molecule has 0 aliphatic heterocycles. The number of benzene rings is 1. The Bertz CT molecular complexity index is 985. The number of guanidine groups is 1. The summed E-state index contributed by atoms with van der Waals surface area (Å²) >= 11 is 6.24. The number of aromatic nitrogens is 3. The van der Waals surface area contributed by atoms with Gasteiger partial charge in [-0.25, -0.2) is 14.4 Å². The van der Waals surface area contributed by atoms with E-state index in [0.29, 0.717) is 24.1 Å². The molecule has 0 spiro atoms. The number of nitrogens with zero attached hydrogens (tertiary/aromatic N) is 4. The van der Waals surface area contributed by atoms with Crippen molar-refractivity contribution in [3.8, 4) is 5.82 Å². The van der Waals surface area contributed by atoms with E-state index in [9.17, 15) is 4.39 Å². The predicted octanol–water partition coefficient (Wildman–Crippen LogP) is 3.70. The molecule has 3 rings (SSSR count). The Morgan fingerprint density at radius 1 is 1.21 bits per heavy atom. The van der Waals surface area contributed by atoms with Crippen molar-refractivity contribution in [2.24, 2.45) is 4.99 Å². The smallest absolute Gasteiger partial charge is 0.191 e. The van der Waals surface area contributed by atoms with Crippen molar-refractivity contribution in [2.45, 2.75) is 25.8 Å².